The lowest BCUT2D eigenvalue weighted by atomic mass is 9.81. The molecule has 2 aliphatic rings. The van der Waals surface area contributed by atoms with Crippen LogP contribution >= 0.6 is 0 Å². The van der Waals surface area contributed by atoms with Gasteiger partial charge in [-0.15, -0.1) is 0 Å². The smallest absolute Gasteiger partial charge is 0.265 e. The summed E-state index contributed by atoms with van der Waals surface area (Å²) in [5, 5.41) is 0. The number of nitrogens with zero attached hydrogens (tertiary/aromatic N) is 1. The molecule has 1 saturated heterocycles. The Morgan fingerprint density at radius 1 is 1.03 bits per heavy atom. The summed E-state index contributed by atoms with van der Waals surface area (Å²) >= 11 is 0. The van der Waals surface area contributed by atoms with Gasteiger partial charge in [0.1, 0.15) is 10.6 Å². The fourth-order valence-corrected chi connectivity index (χ4v) is 5.79. The Morgan fingerprint density at radius 3 is 2.32 bits per heavy atom. The van der Waals surface area contributed by atoms with Gasteiger partial charge in [0.05, 0.1) is 25.5 Å². The third-order valence-corrected chi connectivity index (χ3v) is 7.46. The number of sulfonamides is 1. The van der Waals surface area contributed by atoms with E-state index in [0.717, 1.165) is 31.2 Å². The monoisotopic (exact) mass is 442 g/mol. The number of benzene rings is 2. The van der Waals surface area contributed by atoms with Crippen LogP contribution in [-0.4, -0.2) is 32.2 Å². The van der Waals surface area contributed by atoms with Gasteiger partial charge in [0.2, 0.25) is 11.8 Å². The molecule has 1 N–H and O–H groups in total. The highest BCUT2D eigenvalue weighted by Crippen LogP contribution is 2.39. The van der Waals surface area contributed by atoms with Crippen LogP contribution in [0.3, 0.4) is 0 Å². The molecule has 8 heteroatoms. The Morgan fingerprint density at radius 2 is 1.71 bits per heavy atom. The largest absolute Gasteiger partial charge is 0.495 e. The van der Waals surface area contributed by atoms with Gasteiger partial charge in [0.15, 0.2) is 0 Å². The summed E-state index contributed by atoms with van der Waals surface area (Å²) in [4.78, 5) is 26.8. The van der Waals surface area contributed by atoms with Crippen molar-refractivity contribution in [2.24, 2.45) is 11.8 Å². The molecule has 2 aromatic carbocycles. The van der Waals surface area contributed by atoms with Gasteiger partial charge in [-0.05, 0) is 55.2 Å². The summed E-state index contributed by atoms with van der Waals surface area (Å²) < 4.78 is 34.0. The minimum atomic E-state index is -3.94. The van der Waals surface area contributed by atoms with Crippen molar-refractivity contribution in [3.05, 3.63) is 53.6 Å². The maximum absolute atomic E-state index is 13.1. The number of imide groups is 1. The molecule has 4 rings (SSSR count). The van der Waals surface area contributed by atoms with Crippen molar-refractivity contribution in [2.45, 2.75) is 44.0 Å². The molecule has 7 nitrogen and oxygen atoms in total. The molecular formula is C23H26N2O5S. The van der Waals surface area contributed by atoms with Gasteiger partial charge in [0, 0.05) is 5.69 Å². The molecule has 1 saturated carbocycles. The second kappa shape index (κ2) is 8.34. The predicted octanol–water partition coefficient (Wildman–Crippen LogP) is 3.48. The highest BCUT2D eigenvalue weighted by molar-refractivity contribution is 7.92. The number of aryl methyl sites for hydroxylation is 1. The lowest BCUT2D eigenvalue weighted by Gasteiger charge is -2.19. The van der Waals surface area contributed by atoms with E-state index in [2.05, 4.69) is 4.72 Å². The first-order valence-electron chi connectivity index (χ1n) is 10.4. The van der Waals surface area contributed by atoms with Crippen LogP contribution in [0.25, 0.3) is 0 Å². The van der Waals surface area contributed by atoms with Gasteiger partial charge in [-0.3, -0.25) is 19.2 Å². The molecule has 0 bridgehead atoms. The molecular weight excluding hydrogens is 416 g/mol. The van der Waals surface area contributed by atoms with Gasteiger partial charge in [-0.2, -0.15) is 0 Å². The van der Waals surface area contributed by atoms with Gasteiger partial charge >= 0.3 is 0 Å². The van der Waals surface area contributed by atoms with Crippen molar-refractivity contribution in [1.82, 2.24) is 4.90 Å². The summed E-state index contributed by atoms with van der Waals surface area (Å²) in [6.45, 7) is 1.93. The molecule has 31 heavy (non-hydrogen) atoms. The summed E-state index contributed by atoms with van der Waals surface area (Å²) in [6.07, 6.45) is 3.41. The number of fused-ring (bicyclic) bond motifs is 1. The summed E-state index contributed by atoms with van der Waals surface area (Å²) in [5.74, 6) is -0.561. The Balaban J connectivity index is 1.62. The van der Waals surface area contributed by atoms with Crippen LogP contribution in [-0.2, 0) is 26.2 Å². The second-order valence-electron chi connectivity index (χ2n) is 8.22. The van der Waals surface area contributed by atoms with E-state index in [9.17, 15) is 18.0 Å². The number of ether oxygens (including phenoxy) is 1. The first kappa shape index (κ1) is 21.4. The van der Waals surface area contributed by atoms with Crippen molar-refractivity contribution in [1.29, 1.82) is 0 Å². The van der Waals surface area contributed by atoms with Crippen molar-refractivity contribution < 1.29 is 22.7 Å². The molecule has 2 amide bonds. The average Bonchev–Trinajstić information content (AvgIpc) is 2.98. The van der Waals surface area contributed by atoms with Gasteiger partial charge in [-0.1, -0.05) is 31.0 Å². The van der Waals surface area contributed by atoms with Crippen LogP contribution in [0.5, 0.6) is 5.75 Å². The number of hydrogen-bond acceptors (Lipinski definition) is 5. The zero-order valence-corrected chi connectivity index (χ0v) is 18.4. The Labute approximate surface area is 182 Å². The number of amides is 2. The summed E-state index contributed by atoms with van der Waals surface area (Å²) in [7, 11) is -2.54. The fraction of sp³-hybridized carbons (Fsp3) is 0.391. The SMILES string of the molecule is COc1ccc(CN2C(=O)C3CCCCC3C2=O)cc1S(=O)(=O)Nc1cccc(C)c1. The van der Waals surface area contributed by atoms with Crippen molar-refractivity contribution in [2.75, 3.05) is 11.8 Å². The molecule has 2 aromatic rings. The van der Waals surface area contributed by atoms with E-state index in [4.69, 9.17) is 4.74 Å². The standard InChI is InChI=1S/C23H26N2O5S/c1-15-6-5-7-17(12-15)24-31(28,29)21-13-16(10-11-20(21)30-2)14-25-22(26)18-8-3-4-9-19(18)23(25)27/h5-7,10-13,18-19,24H,3-4,8-9,14H2,1-2H3. The number of nitrogens with one attached hydrogen (secondary N) is 1. The number of anilines is 1. The van der Waals surface area contributed by atoms with Crippen molar-refractivity contribution in [3.63, 3.8) is 0 Å². The zero-order chi connectivity index (χ0) is 22.2. The normalized spacial score (nSPS) is 21.2. The molecule has 0 aromatic heterocycles. The van der Waals surface area contributed by atoms with Crippen LogP contribution in [0.2, 0.25) is 0 Å². The van der Waals surface area contributed by atoms with Crippen LogP contribution in [0, 0.1) is 18.8 Å². The number of carbonyl (C=O) groups is 2. The number of rotatable bonds is 6. The van der Waals surface area contributed by atoms with Crippen LogP contribution in [0.1, 0.15) is 36.8 Å². The third-order valence-electron chi connectivity index (χ3n) is 6.06. The number of methoxy groups -OCH3 is 1. The molecule has 1 aliphatic carbocycles. The average molecular weight is 443 g/mol. The Hall–Kier alpha value is -2.87. The Bertz CT molecular complexity index is 1100. The Kier molecular flexibility index (Phi) is 5.75. The molecule has 2 atom stereocenters. The molecule has 1 heterocycles. The highest BCUT2D eigenvalue weighted by Gasteiger charge is 2.47. The zero-order valence-electron chi connectivity index (χ0n) is 17.6. The van der Waals surface area contributed by atoms with Gasteiger partial charge in [0.25, 0.3) is 10.0 Å². The number of hydrogen-bond donors (Lipinski definition) is 1. The summed E-state index contributed by atoms with van der Waals surface area (Å²) in [5.41, 5.74) is 1.93. The molecule has 2 unspecified atom stereocenters. The first-order valence-corrected chi connectivity index (χ1v) is 11.9. The fourth-order valence-electron chi connectivity index (χ4n) is 4.52. The van der Waals surface area contributed by atoms with Gasteiger partial charge < -0.3 is 4.74 Å². The van der Waals surface area contributed by atoms with E-state index in [1.54, 1.807) is 30.3 Å². The number of likely N-dealkylation sites (tertiary alicyclic amines) is 1. The quantitative estimate of drug-likeness (QED) is 0.692. The van der Waals surface area contributed by atoms with Gasteiger partial charge in [-0.25, -0.2) is 8.42 Å². The molecule has 1 aliphatic heterocycles. The lowest BCUT2D eigenvalue weighted by Crippen LogP contribution is -2.30. The van der Waals surface area contributed by atoms with E-state index in [0.29, 0.717) is 11.3 Å². The van der Waals surface area contributed by atoms with E-state index >= 15 is 0 Å². The molecule has 2 fully saturated rings. The highest BCUT2D eigenvalue weighted by atomic mass is 32.2. The maximum Gasteiger partial charge on any atom is 0.265 e. The van der Waals surface area contributed by atoms with E-state index < -0.39 is 10.0 Å². The van der Waals surface area contributed by atoms with Crippen molar-refractivity contribution in [3.8, 4) is 5.75 Å². The van der Waals surface area contributed by atoms with Crippen LogP contribution < -0.4 is 9.46 Å². The lowest BCUT2D eigenvalue weighted by molar-refractivity contribution is -0.140. The number of carbonyl (C=O) groups excluding carboxylic acids is 2. The minimum Gasteiger partial charge on any atom is -0.495 e. The minimum absolute atomic E-state index is 0.0366. The predicted molar refractivity (Wildman–Crippen MR) is 116 cm³/mol. The van der Waals surface area contributed by atoms with E-state index in [-0.39, 0.29) is 40.8 Å². The summed E-state index contributed by atoms with van der Waals surface area (Å²) in [6, 6.07) is 11.8. The van der Waals surface area contributed by atoms with Crippen LogP contribution in [0.15, 0.2) is 47.4 Å². The first-order chi connectivity index (χ1) is 14.8. The van der Waals surface area contributed by atoms with E-state index in [1.165, 1.54) is 18.1 Å². The molecule has 164 valence electrons. The van der Waals surface area contributed by atoms with Crippen LogP contribution in [0.4, 0.5) is 5.69 Å². The second-order valence-corrected chi connectivity index (χ2v) is 9.87. The molecule has 0 radical (unpaired) electrons. The molecule has 0 spiro atoms. The topological polar surface area (TPSA) is 92.8 Å². The van der Waals surface area contributed by atoms with Crippen molar-refractivity contribution >= 4 is 27.5 Å². The maximum atomic E-state index is 13.1. The third kappa shape index (κ3) is 4.17. The van der Waals surface area contributed by atoms with E-state index in [1.807, 2.05) is 13.0 Å².